The van der Waals surface area contributed by atoms with E-state index in [0.29, 0.717) is 5.92 Å². The summed E-state index contributed by atoms with van der Waals surface area (Å²) in [5, 5.41) is 0. The SMILES string of the molecule is C=CC(=O)N1C[C@@H](C)C[C@@H]1[C@@H](C)OC. The molecule has 1 heterocycles. The van der Waals surface area contributed by atoms with Gasteiger partial charge in [0.1, 0.15) is 0 Å². The van der Waals surface area contributed by atoms with Crippen LogP contribution < -0.4 is 0 Å². The minimum atomic E-state index is 0.0169. The van der Waals surface area contributed by atoms with Crippen molar-refractivity contribution in [1.29, 1.82) is 0 Å². The van der Waals surface area contributed by atoms with Gasteiger partial charge in [-0.15, -0.1) is 0 Å². The molecule has 0 saturated carbocycles. The lowest BCUT2D eigenvalue weighted by atomic mass is 10.0. The van der Waals surface area contributed by atoms with Crippen LogP contribution in [0.5, 0.6) is 0 Å². The number of hydrogen-bond donors (Lipinski definition) is 0. The van der Waals surface area contributed by atoms with Gasteiger partial charge in [-0.1, -0.05) is 13.5 Å². The zero-order chi connectivity index (χ0) is 10.7. The molecule has 0 unspecified atom stereocenters. The molecule has 0 radical (unpaired) electrons. The van der Waals surface area contributed by atoms with Crippen LogP contribution in [-0.2, 0) is 9.53 Å². The zero-order valence-corrected chi connectivity index (χ0v) is 9.19. The highest BCUT2D eigenvalue weighted by Gasteiger charge is 2.35. The molecule has 0 aromatic heterocycles. The summed E-state index contributed by atoms with van der Waals surface area (Å²) in [5.74, 6) is 0.574. The molecule has 0 spiro atoms. The second kappa shape index (κ2) is 4.60. The maximum Gasteiger partial charge on any atom is 0.246 e. The van der Waals surface area contributed by atoms with Gasteiger partial charge in [-0.3, -0.25) is 4.79 Å². The molecule has 1 aliphatic rings. The lowest BCUT2D eigenvalue weighted by Gasteiger charge is -2.27. The Morgan fingerprint density at radius 3 is 2.86 bits per heavy atom. The molecule has 3 nitrogen and oxygen atoms in total. The smallest absolute Gasteiger partial charge is 0.246 e. The van der Waals surface area contributed by atoms with Crippen molar-refractivity contribution in [2.75, 3.05) is 13.7 Å². The Hall–Kier alpha value is -0.830. The zero-order valence-electron chi connectivity index (χ0n) is 9.19. The lowest BCUT2D eigenvalue weighted by molar-refractivity contribution is -0.129. The van der Waals surface area contributed by atoms with Crippen molar-refractivity contribution in [2.45, 2.75) is 32.4 Å². The molecular formula is C11H19NO2. The van der Waals surface area contributed by atoms with Crippen LogP contribution in [0.25, 0.3) is 0 Å². The maximum absolute atomic E-state index is 11.5. The molecule has 1 aliphatic heterocycles. The number of carbonyl (C=O) groups excluding carboxylic acids is 1. The predicted molar refractivity (Wildman–Crippen MR) is 56.0 cm³/mol. The fourth-order valence-electron chi connectivity index (χ4n) is 2.06. The van der Waals surface area contributed by atoms with Crippen LogP contribution in [0, 0.1) is 5.92 Å². The Morgan fingerprint density at radius 2 is 2.36 bits per heavy atom. The van der Waals surface area contributed by atoms with Crippen molar-refractivity contribution in [2.24, 2.45) is 5.92 Å². The summed E-state index contributed by atoms with van der Waals surface area (Å²) in [5.41, 5.74) is 0. The quantitative estimate of drug-likeness (QED) is 0.641. The van der Waals surface area contributed by atoms with E-state index in [4.69, 9.17) is 4.74 Å². The number of ether oxygens (including phenoxy) is 1. The highest BCUT2D eigenvalue weighted by atomic mass is 16.5. The second-order valence-corrected chi connectivity index (χ2v) is 4.04. The number of likely N-dealkylation sites (tertiary alicyclic amines) is 1. The Labute approximate surface area is 85.7 Å². The van der Waals surface area contributed by atoms with Crippen LogP contribution in [0.15, 0.2) is 12.7 Å². The van der Waals surface area contributed by atoms with Gasteiger partial charge >= 0.3 is 0 Å². The third-order valence-electron chi connectivity index (χ3n) is 2.92. The number of rotatable bonds is 3. The van der Waals surface area contributed by atoms with Crippen molar-refractivity contribution in [3.63, 3.8) is 0 Å². The number of nitrogens with zero attached hydrogens (tertiary/aromatic N) is 1. The van der Waals surface area contributed by atoms with Crippen molar-refractivity contribution in [3.8, 4) is 0 Å². The first-order chi connectivity index (χ1) is 6.60. The van der Waals surface area contributed by atoms with E-state index in [0.717, 1.165) is 13.0 Å². The maximum atomic E-state index is 11.5. The topological polar surface area (TPSA) is 29.5 Å². The van der Waals surface area contributed by atoms with Crippen molar-refractivity contribution in [1.82, 2.24) is 4.90 Å². The van der Waals surface area contributed by atoms with E-state index >= 15 is 0 Å². The minimum Gasteiger partial charge on any atom is -0.380 e. The van der Waals surface area contributed by atoms with Crippen molar-refractivity contribution < 1.29 is 9.53 Å². The van der Waals surface area contributed by atoms with E-state index in [1.165, 1.54) is 6.08 Å². The first kappa shape index (κ1) is 11.2. The summed E-state index contributed by atoms with van der Waals surface area (Å²) in [6.45, 7) is 8.50. The molecule has 3 atom stereocenters. The number of methoxy groups -OCH3 is 1. The number of carbonyl (C=O) groups is 1. The summed E-state index contributed by atoms with van der Waals surface area (Å²) >= 11 is 0. The van der Waals surface area contributed by atoms with Crippen molar-refractivity contribution >= 4 is 5.91 Å². The molecule has 14 heavy (non-hydrogen) atoms. The fourth-order valence-corrected chi connectivity index (χ4v) is 2.06. The average molecular weight is 197 g/mol. The van der Waals surface area contributed by atoms with Gasteiger partial charge in [0.25, 0.3) is 0 Å². The normalized spacial score (nSPS) is 28.9. The van der Waals surface area contributed by atoms with E-state index < -0.39 is 0 Å². The summed E-state index contributed by atoms with van der Waals surface area (Å²) < 4.78 is 5.28. The van der Waals surface area contributed by atoms with Gasteiger partial charge in [0.05, 0.1) is 12.1 Å². The van der Waals surface area contributed by atoms with Gasteiger partial charge in [-0.05, 0) is 25.3 Å². The average Bonchev–Trinajstić information content (AvgIpc) is 2.58. The van der Waals surface area contributed by atoms with Crippen molar-refractivity contribution in [3.05, 3.63) is 12.7 Å². The summed E-state index contributed by atoms with van der Waals surface area (Å²) in [4.78, 5) is 13.4. The lowest BCUT2D eigenvalue weighted by Crippen LogP contribution is -2.41. The monoisotopic (exact) mass is 197 g/mol. The Morgan fingerprint density at radius 1 is 1.71 bits per heavy atom. The summed E-state index contributed by atoms with van der Waals surface area (Å²) in [6, 6.07) is 0.209. The number of hydrogen-bond acceptors (Lipinski definition) is 2. The van der Waals surface area contributed by atoms with E-state index in [-0.39, 0.29) is 18.1 Å². The predicted octanol–water partition coefficient (Wildman–Crippen LogP) is 1.44. The summed E-state index contributed by atoms with van der Waals surface area (Å²) in [6.07, 6.45) is 2.51. The first-order valence-electron chi connectivity index (χ1n) is 5.06. The minimum absolute atomic E-state index is 0.0169. The fraction of sp³-hybridized carbons (Fsp3) is 0.727. The van der Waals surface area contributed by atoms with Crippen LogP contribution in [-0.4, -0.2) is 36.6 Å². The van der Waals surface area contributed by atoms with Gasteiger partial charge in [-0.2, -0.15) is 0 Å². The molecule has 1 saturated heterocycles. The van der Waals surface area contributed by atoms with Gasteiger partial charge in [0.2, 0.25) is 5.91 Å². The van der Waals surface area contributed by atoms with Crippen LogP contribution in [0.3, 0.4) is 0 Å². The highest BCUT2D eigenvalue weighted by molar-refractivity contribution is 5.87. The molecule has 0 aromatic carbocycles. The standard InChI is InChI=1S/C11H19NO2/c1-5-11(13)12-7-8(2)6-10(12)9(3)14-4/h5,8-10H,1,6-7H2,2-4H3/t8-,9+,10+/m0/s1. The van der Waals surface area contributed by atoms with Gasteiger partial charge in [-0.25, -0.2) is 0 Å². The molecule has 0 aromatic rings. The molecule has 3 heteroatoms. The van der Waals surface area contributed by atoms with Gasteiger partial charge in [0, 0.05) is 13.7 Å². The molecule has 0 N–H and O–H groups in total. The highest BCUT2D eigenvalue weighted by Crippen LogP contribution is 2.26. The van der Waals surface area contributed by atoms with Crippen LogP contribution in [0.4, 0.5) is 0 Å². The molecule has 1 fully saturated rings. The third-order valence-corrected chi connectivity index (χ3v) is 2.92. The van der Waals surface area contributed by atoms with Gasteiger partial charge < -0.3 is 9.64 Å². The van der Waals surface area contributed by atoms with E-state index in [1.807, 2.05) is 11.8 Å². The molecule has 0 aliphatic carbocycles. The third kappa shape index (κ3) is 2.15. The number of amides is 1. The molecule has 80 valence electrons. The molecule has 1 amide bonds. The van der Waals surface area contributed by atoms with E-state index in [9.17, 15) is 4.79 Å². The summed E-state index contributed by atoms with van der Waals surface area (Å²) in [7, 11) is 1.68. The van der Waals surface area contributed by atoms with E-state index in [2.05, 4.69) is 13.5 Å². The first-order valence-corrected chi connectivity index (χ1v) is 5.06. The Kier molecular flexibility index (Phi) is 3.69. The van der Waals surface area contributed by atoms with Crippen LogP contribution in [0.2, 0.25) is 0 Å². The van der Waals surface area contributed by atoms with E-state index in [1.54, 1.807) is 7.11 Å². The largest absolute Gasteiger partial charge is 0.380 e. The van der Waals surface area contributed by atoms with Gasteiger partial charge in [0.15, 0.2) is 0 Å². The second-order valence-electron chi connectivity index (χ2n) is 4.04. The van der Waals surface area contributed by atoms with Crippen LogP contribution in [0.1, 0.15) is 20.3 Å². The Bertz CT molecular complexity index is 227. The van der Waals surface area contributed by atoms with Crippen LogP contribution >= 0.6 is 0 Å². The molecule has 1 rings (SSSR count). The molecule has 0 bridgehead atoms. The molecular weight excluding hydrogens is 178 g/mol. The Balaban J connectivity index is 2.71.